The average Bonchev–Trinajstić information content (AvgIpc) is 3.64. The third-order valence-electron chi connectivity index (χ3n) is 8.70. The standard InChI is InChI=1S/C34H34ClF2N3O4S.C2HF3O2/c35-28-13-7-24(8-14-28)23-5-11-27(12-6-23)34(36,37)32(33(41)40-19-17-38-18-20-40)39-45(42,43)31-16-10-25-21-30(15-9-26(25)22-31)44-29-3-1-2-4-29;3-2(4,5)1(6)7/h5-16,21-22,29,32,38-39H,1-4,17-20H2;(H,6,7)/t32-;/m0./s1. The van der Waals surface area contributed by atoms with Gasteiger partial charge in [0, 0.05) is 36.8 Å². The molecule has 4 aromatic rings. The molecule has 1 aliphatic heterocycles. The van der Waals surface area contributed by atoms with Gasteiger partial charge in [0.25, 0.3) is 5.92 Å². The quantitative estimate of drug-likeness (QED) is 0.157. The molecule has 4 aromatic carbocycles. The van der Waals surface area contributed by atoms with Gasteiger partial charge in [0.05, 0.1) is 11.0 Å². The number of nitrogens with zero attached hydrogens (tertiary/aromatic N) is 1. The van der Waals surface area contributed by atoms with Crippen LogP contribution in [0.4, 0.5) is 22.0 Å². The van der Waals surface area contributed by atoms with Crippen LogP contribution in [0, 0.1) is 0 Å². The zero-order valence-corrected chi connectivity index (χ0v) is 29.1. The van der Waals surface area contributed by atoms with Gasteiger partial charge in [0.15, 0.2) is 6.04 Å². The summed E-state index contributed by atoms with van der Waals surface area (Å²) in [5.74, 6) is -6.91. The van der Waals surface area contributed by atoms with Crippen LogP contribution in [0.3, 0.4) is 0 Å². The van der Waals surface area contributed by atoms with Crippen molar-refractivity contribution in [3.05, 3.63) is 95.5 Å². The molecule has 2 fully saturated rings. The molecule has 0 spiro atoms. The van der Waals surface area contributed by atoms with E-state index in [-0.39, 0.29) is 24.1 Å². The number of halogens is 6. The minimum Gasteiger partial charge on any atom is -0.490 e. The first-order chi connectivity index (χ1) is 24.5. The van der Waals surface area contributed by atoms with Crippen molar-refractivity contribution in [3.8, 4) is 16.9 Å². The Morgan fingerprint density at radius 3 is 1.96 bits per heavy atom. The van der Waals surface area contributed by atoms with E-state index < -0.39 is 45.6 Å². The van der Waals surface area contributed by atoms with Gasteiger partial charge in [-0.3, -0.25) is 4.79 Å². The number of ether oxygens (including phenoxy) is 1. The first-order valence-corrected chi connectivity index (χ1v) is 18.2. The average molecular weight is 768 g/mol. The van der Waals surface area contributed by atoms with Gasteiger partial charge in [-0.2, -0.15) is 26.7 Å². The van der Waals surface area contributed by atoms with Crippen LogP contribution in [0.15, 0.2) is 89.8 Å². The van der Waals surface area contributed by atoms with Gasteiger partial charge in [0.1, 0.15) is 5.75 Å². The molecule has 3 N–H and O–H groups in total. The van der Waals surface area contributed by atoms with Crippen LogP contribution in [0.25, 0.3) is 21.9 Å². The fourth-order valence-corrected chi connectivity index (χ4v) is 7.26. The van der Waals surface area contributed by atoms with Crippen LogP contribution < -0.4 is 14.8 Å². The summed E-state index contributed by atoms with van der Waals surface area (Å²) in [5.41, 5.74) is 0.964. The number of carboxylic acids is 1. The summed E-state index contributed by atoms with van der Waals surface area (Å²) in [6.07, 6.45) is -0.624. The molecule has 1 saturated carbocycles. The van der Waals surface area contributed by atoms with Crippen molar-refractivity contribution in [3.63, 3.8) is 0 Å². The van der Waals surface area contributed by atoms with Crippen molar-refractivity contribution in [1.82, 2.24) is 14.9 Å². The summed E-state index contributed by atoms with van der Waals surface area (Å²) in [6, 6.07) is 19.8. The monoisotopic (exact) mass is 767 g/mol. The maximum atomic E-state index is 16.3. The highest BCUT2D eigenvalue weighted by Crippen LogP contribution is 2.36. The van der Waals surface area contributed by atoms with Crippen molar-refractivity contribution >= 4 is 44.3 Å². The summed E-state index contributed by atoms with van der Waals surface area (Å²) in [5, 5.41) is 12.1. The van der Waals surface area contributed by atoms with Gasteiger partial charge in [-0.1, -0.05) is 60.1 Å². The van der Waals surface area contributed by atoms with E-state index in [1.807, 2.05) is 6.07 Å². The number of benzene rings is 4. The molecule has 9 nitrogen and oxygen atoms in total. The first-order valence-electron chi connectivity index (χ1n) is 16.3. The second-order valence-corrected chi connectivity index (χ2v) is 14.5. The zero-order chi connectivity index (χ0) is 37.7. The summed E-state index contributed by atoms with van der Waals surface area (Å²) in [4.78, 5) is 23.6. The zero-order valence-electron chi connectivity index (χ0n) is 27.5. The Hall–Kier alpha value is -4.31. The number of rotatable bonds is 9. The highest BCUT2D eigenvalue weighted by atomic mass is 35.5. The van der Waals surface area contributed by atoms with E-state index in [0.717, 1.165) is 36.6 Å². The number of sulfonamides is 1. The van der Waals surface area contributed by atoms with Gasteiger partial charge in [-0.05, 0) is 84.0 Å². The number of amides is 1. The number of carbonyl (C=O) groups is 2. The fraction of sp³-hybridized carbons (Fsp3) is 0.333. The molecule has 0 radical (unpaired) electrons. The van der Waals surface area contributed by atoms with Crippen LogP contribution in [0.2, 0.25) is 5.02 Å². The van der Waals surface area contributed by atoms with Gasteiger partial charge in [0.2, 0.25) is 15.9 Å². The Labute approximate surface area is 301 Å². The van der Waals surface area contributed by atoms with Crippen LogP contribution in [-0.2, 0) is 25.5 Å². The molecule has 16 heteroatoms. The Morgan fingerprint density at radius 2 is 1.38 bits per heavy atom. The second kappa shape index (κ2) is 16.1. The Balaban J connectivity index is 0.000000679. The molecular weight excluding hydrogens is 733 g/mol. The number of alkyl halides is 5. The van der Waals surface area contributed by atoms with E-state index >= 15 is 8.78 Å². The van der Waals surface area contributed by atoms with E-state index in [1.54, 1.807) is 42.5 Å². The predicted molar refractivity (Wildman–Crippen MR) is 185 cm³/mol. The molecule has 6 rings (SSSR count). The third-order valence-corrected chi connectivity index (χ3v) is 10.4. The van der Waals surface area contributed by atoms with Crippen LogP contribution in [0.1, 0.15) is 31.2 Å². The number of hydrogen-bond acceptors (Lipinski definition) is 6. The molecule has 0 aromatic heterocycles. The van der Waals surface area contributed by atoms with E-state index in [0.29, 0.717) is 34.8 Å². The molecule has 1 saturated heterocycles. The van der Waals surface area contributed by atoms with Crippen LogP contribution in [0.5, 0.6) is 5.75 Å². The lowest BCUT2D eigenvalue weighted by Gasteiger charge is -2.34. The van der Waals surface area contributed by atoms with Crippen LogP contribution in [-0.4, -0.2) is 74.8 Å². The highest BCUT2D eigenvalue weighted by molar-refractivity contribution is 7.89. The second-order valence-electron chi connectivity index (χ2n) is 12.3. The number of carboxylic acid groups (broad SMARTS) is 1. The number of hydrogen-bond donors (Lipinski definition) is 3. The molecule has 0 unspecified atom stereocenters. The van der Waals surface area contributed by atoms with Crippen molar-refractivity contribution in [2.45, 2.75) is 54.8 Å². The first kappa shape index (κ1) is 38.9. The van der Waals surface area contributed by atoms with Crippen molar-refractivity contribution in [2.24, 2.45) is 0 Å². The van der Waals surface area contributed by atoms with Crippen molar-refractivity contribution in [1.29, 1.82) is 0 Å². The molecule has 278 valence electrons. The minimum absolute atomic E-state index is 0.173. The van der Waals surface area contributed by atoms with Gasteiger partial charge in [-0.15, -0.1) is 0 Å². The maximum absolute atomic E-state index is 16.3. The van der Waals surface area contributed by atoms with Crippen molar-refractivity contribution < 1.29 is 49.8 Å². The maximum Gasteiger partial charge on any atom is 0.490 e. The molecule has 1 amide bonds. The predicted octanol–water partition coefficient (Wildman–Crippen LogP) is 6.99. The largest absolute Gasteiger partial charge is 0.490 e. The molecule has 52 heavy (non-hydrogen) atoms. The number of aliphatic carboxylic acids is 1. The SMILES string of the molecule is O=C(O)C(F)(F)F.O=C([C@H](NS(=O)(=O)c1ccc2cc(OC3CCCC3)ccc2c1)C(F)(F)c1ccc(-c2ccc(Cl)cc2)cc1)N1CCNCC1. The summed E-state index contributed by atoms with van der Waals surface area (Å²) in [6.45, 7) is 1.21. The fourth-order valence-electron chi connectivity index (χ4n) is 5.91. The highest BCUT2D eigenvalue weighted by Gasteiger charge is 2.50. The lowest BCUT2D eigenvalue weighted by molar-refractivity contribution is -0.192. The van der Waals surface area contributed by atoms with Crippen molar-refractivity contribution in [2.75, 3.05) is 26.2 Å². The van der Waals surface area contributed by atoms with Gasteiger partial charge in [-0.25, -0.2) is 13.2 Å². The van der Waals surface area contributed by atoms with Gasteiger partial charge >= 0.3 is 12.1 Å². The van der Waals surface area contributed by atoms with E-state index in [9.17, 15) is 26.4 Å². The van der Waals surface area contributed by atoms with E-state index in [4.69, 9.17) is 26.2 Å². The Kier molecular flexibility index (Phi) is 12.1. The molecule has 2 aliphatic rings. The lowest BCUT2D eigenvalue weighted by Crippen LogP contribution is -2.59. The normalized spacial score (nSPS) is 16.2. The minimum atomic E-state index is -5.08. The third kappa shape index (κ3) is 9.56. The molecule has 1 heterocycles. The van der Waals surface area contributed by atoms with Crippen LogP contribution >= 0.6 is 11.6 Å². The number of nitrogens with one attached hydrogen (secondary N) is 2. The summed E-state index contributed by atoms with van der Waals surface area (Å²) < 4.78 is 99.8. The Bertz CT molecular complexity index is 1980. The molecule has 0 bridgehead atoms. The lowest BCUT2D eigenvalue weighted by atomic mass is 9.97. The topological polar surface area (TPSA) is 125 Å². The van der Waals surface area contributed by atoms with Gasteiger partial charge < -0.3 is 20.1 Å². The molecule has 1 atom stereocenters. The number of fused-ring (bicyclic) bond motifs is 1. The number of piperazine rings is 1. The van der Waals surface area contributed by atoms with E-state index in [1.165, 1.54) is 41.3 Å². The molecule has 1 aliphatic carbocycles. The summed E-state index contributed by atoms with van der Waals surface area (Å²) >= 11 is 5.97. The summed E-state index contributed by atoms with van der Waals surface area (Å²) in [7, 11) is -4.55. The smallest absolute Gasteiger partial charge is 0.490 e. The molecular formula is C36H35ClF5N3O6S. The van der Waals surface area contributed by atoms with E-state index in [2.05, 4.69) is 10.0 Å². The Morgan fingerprint density at radius 1 is 0.846 bits per heavy atom. The number of carbonyl (C=O) groups excluding carboxylic acids is 1.